The van der Waals surface area contributed by atoms with Gasteiger partial charge in [0.05, 0.1) is 19.2 Å². The molecule has 0 spiro atoms. The van der Waals surface area contributed by atoms with Gasteiger partial charge in [-0.3, -0.25) is 9.69 Å². The van der Waals surface area contributed by atoms with Gasteiger partial charge in [0.25, 0.3) is 0 Å². The summed E-state index contributed by atoms with van der Waals surface area (Å²) in [7, 11) is 1.37. The van der Waals surface area contributed by atoms with Gasteiger partial charge in [0.15, 0.2) is 0 Å². The molecular weight excluding hydrogens is 294 g/mol. The molecule has 1 aliphatic rings. The summed E-state index contributed by atoms with van der Waals surface area (Å²) in [6.45, 7) is 0.403. The van der Waals surface area contributed by atoms with E-state index < -0.39 is 6.09 Å². The molecule has 2 aromatic carbocycles. The second-order valence-corrected chi connectivity index (χ2v) is 5.33. The van der Waals surface area contributed by atoms with Crippen LogP contribution in [0.4, 0.5) is 10.5 Å². The van der Waals surface area contributed by atoms with Crippen LogP contribution in [0.2, 0.25) is 0 Å². The minimum Gasteiger partial charge on any atom is -0.469 e. The average Bonchev–Trinajstić information content (AvgIpc) is 2.94. The van der Waals surface area contributed by atoms with Crippen LogP contribution in [0.1, 0.15) is 17.9 Å². The maximum absolute atomic E-state index is 12.5. The number of fused-ring (bicyclic) bond motifs is 1. The Hall–Kier alpha value is -2.82. The summed E-state index contributed by atoms with van der Waals surface area (Å²) in [5.74, 6) is 0.122. The zero-order valence-corrected chi connectivity index (χ0v) is 12.8. The molecule has 23 heavy (non-hydrogen) atoms. The molecule has 5 nitrogen and oxygen atoms in total. The van der Waals surface area contributed by atoms with Crippen molar-refractivity contribution in [3.63, 3.8) is 0 Å². The lowest BCUT2D eigenvalue weighted by Gasteiger charge is -2.17. The topological polar surface area (TPSA) is 55.8 Å². The van der Waals surface area contributed by atoms with E-state index in [1.807, 2.05) is 30.3 Å². The normalized spacial score (nSPS) is 15.9. The minimum atomic E-state index is -0.448. The Morgan fingerprint density at radius 2 is 1.78 bits per heavy atom. The Balaban J connectivity index is 1.80. The van der Waals surface area contributed by atoms with E-state index in [0.29, 0.717) is 12.3 Å². The molecule has 1 aliphatic heterocycles. The van der Waals surface area contributed by atoms with Gasteiger partial charge in [0, 0.05) is 12.5 Å². The molecule has 0 bridgehead atoms. The van der Waals surface area contributed by atoms with E-state index in [1.54, 1.807) is 29.2 Å². The first kappa shape index (κ1) is 15.1. The quantitative estimate of drug-likeness (QED) is 0.816. The lowest BCUT2D eigenvalue weighted by Crippen LogP contribution is -2.32. The van der Waals surface area contributed by atoms with Gasteiger partial charge in [0.2, 0.25) is 0 Å². The first-order chi connectivity index (χ1) is 11.2. The fraction of sp³-hybridized carbons (Fsp3) is 0.222. The lowest BCUT2D eigenvalue weighted by molar-refractivity contribution is -0.141. The van der Waals surface area contributed by atoms with Gasteiger partial charge in [-0.15, -0.1) is 0 Å². The third-order valence-corrected chi connectivity index (χ3v) is 3.88. The monoisotopic (exact) mass is 311 g/mol. The second-order valence-electron chi connectivity index (χ2n) is 5.33. The lowest BCUT2D eigenvalue weighted by atomic mass is 9.98. The fourth-order valence-electron chi connectivity index (χ4n) is 2.77. The predicted octanol–water partition coefficient (Wildman–Crippen LogP) is 3.35. The highest BCUT2D eigenvalue weighted by molar-refractivity contribution is 5.92. The smallest absolute Gasteiger partial charge is 0.419 e. The maximum Gasteiger partial charge on any atom is 0.419 e. The third kappa shape index (κ3) is 3.18. The highest BCUT2D eigenvalue weighted by atomic mass is 16.6. The van der Waals surface area contributed by atoms with Crippen molar-refractivity contribution < 1.29 is 19.1 Å². The molecule has 0 fully saturated rings. The van der Waals surface area contributed by atoms with Crippen molar-refractivity contribution in [1.29, 1.82) is 0 Å². The summed E-state index contributed by atoms with van der Waals surface area (Å²) in [5.41, 5.74) is 1.74. The number of esters is 1. The number of anilines is 1. The van der Waals surface area contributed by atoms with E-state index in [1.165, 1.54) is 7.11 Å². The first-order valence-corrected chi connectivity index (χ1v) is 7.39. The summed E-state index contributed by atoms with van der Waals surface area (Å²) in [6, 6.07) is 16.5. The van der Waals surface area contributed by atoms with Crippen LogP contribution in [0, 0.1) is 0 Å². The Morgan fingerprint density at radius 3 is 2.52 bits per heavy atom. The number of benzene rings is 2. The van der Waals surface area contributed by atoms with Gasteiger partial charge in [-0.1, -0.05) is 36.4 Å². The number of ether oxygens (including phenoxy) is 2. The van der Waals surface area contributed by atoms with Crippen LogP contribution in [-0.2, 0) is 9.53 Å². The number of carbonyl (C=O) groups excluding carboxylic acids is 2. The SMILES string of the molecule is COC(=O)CC1CN(C(=O)Oc2ccccc2)c2ccccc21. The molecule has 0 aliphatic carbocycles. The molecule has 3 rings (SSSR count). The van der Waals surface area contributed by atoms with Gasteiger partial charge in [0.1, 0.15) is 5.75 Å². The Morgan fingerprint density at radius 1 is 1.09 bits per heavy atom. The zero-order chi connectivity index (χ0) is 16.2. The van der Waals surface area contributed by atoms with Crippen molar-refractivity contribution in [2.75, 3.05) is 18.6 Å². The van der Waals surface area contributed by atoms with Gasteiger partial charge < -0.3 is 9.47 Å². The molecular formula is C18H17NO4. The zero-order valence-electron chi connectivity index (χ0n) is 12.8. The number of nitrogens with zero attached hydrogens (tertiary/aromatic N) is 1. The number of carbonyl (C=O) groups is 2. The second kappa shape index (κ2) is 6.52. The molecule has 1 amide bonds. The van der Waals surface area contributed by atoms with Crippen molar-refractivity contribution >= 4 is 17.7 Å². The molecule has 1 atom stereocenters. The molecule has 0 aromatic heterocycles. The highest BCUT2D eigenvalue weighted by Gasteiger charge is 2.34. The van der Waals surface area contributed by atoms with E-state index in [2.05, 4.69) is 0 Å². The van der Waals surface area contributed by atoms with Crippen molar-refractivity contribution in [2.24, 2.45) is 0 Å². The Labute approximate surface area is 134 Å². The Kier molecular flexibility index (Phi) is 4.28. The molecule has 2 aromatic rings. The van der Waals surface area contributed by atoms with Gasteiger partial charge in [-0.05, 0) is 23.8 Å². The average molecular weight is 311 g/mol. The van der Waals surface area contributed by atoms with Crippen molar-refractivity contribution in [3.8, 4) is 5.75 Å². The molecule has 0 radical (unpaired) electrons. The van der Waals surface area contributed by atoms with Gasteiger partial charge in [-0.25, -0.2) is 4.79 Å². The van der Waals surface area contributed by atoms with E-state index >= 15 is 0 Å². The van der Waals surface area contributed by atoms with Crippen molar-refractivity contribution in [3.05, 3.63) is 60.2 Å². The van der Waals surface area contributed by atoms with Crippen molar-refractivity contribution in [1.82, 2.24) is 0 Å². The Bertz CT molecular complexity index is 714. The fourth-order valence-corrected chi connectivity index (χ4v) is 2.77. The third-order valence-electron chi connectivity index (χ3n) is 3.88. The van der Waals surface area contributed by atoms with E-state index in [0.717, 1.165) is 11.3 Å². The number of para-hydroxylation sites is 2. The summed E-state index contributed by atoms with van der Waals surface area (Å²) < 4.78 is 10.2. The standard InChI is InChI=1S/C18H17NO4/c1-22-17(20)11-13-12-19(16-10-6-5-9-15(13)16)18(21)23-14-7-3-2-4-8-14/h2-10,13H,11-12H2,1H3. The number of amides is 1. The largest absolute Gasteiger partial charge is 0.469 e. The molecule has 0 N–H and O–H groups in total. The van der Waals surface area contributed by atoms with Crippen LogP contribution in [0.5, 0.6) is 5.75 Å². The predicted molar refractivity (Wildman–Crippen MR) is 85.6 cm³/mol. The number of hydrogen-bond donors (Lipinski definition) is 0. The summed E-state index contributed by atoms with van der Waals surface area (Å²) >= 11 is 0. The van der Waals surface area contributed by atoms with Crippen LogP contribution in [0.25, 0.3) is 0 Å². The molecule has 0 saturated heterocycles. The molecule has 1 unspecified atom stereocenters. The van der Waals surface area contributed by atoms with E-state index in [9.17, 15) is 9.59 Å². The maximum atomic E-state index is 12.5. The number of hydrogen-bond acceptors (Lipinski definition) is 4. The van der Waals surface area contributed by atoms with Gasteiger partial charge >= 0.3 is 12.1 Å². The summed E-state index contributed by atoms with van der Waals surface area (Å²) in [5, 5.41) is 0. The van der Waals surface area contributed by atoms with Gasteiger partial charge in [-0.2, -0.15) is 0 Å². The number of methoxy groups -OCH3 is 1. The molecule has 5 heteroatoms. The minimum absolute atomic E-state index is 0.0815. The molecule has 0 saturated carbocycles. The molecule has 1 heterocycles. The van der Waals surface area contributed by atoms with Crippen LogP contribution >= 0.6 is 0 Å². The number of rotatable bonds is 3. The van der Waals surface area contributed by atoms with Crippen LogP contribution < -0.4 is 9.64 Å². The van der Waals surface area contributed by atoms with Crippen LogP contribution in [0.3, 0.4) is 0 Å². The highest BCUT2D eigenvalue weighted by Crippen LogP contribution is 2.38. The van der Waals surface area contributed by atoms with E-state index in [-0.39, 0.29) is 18.3 Å². The van der Waals surface area contributed by atoms with Crippen LogP contribution in [0.15, 0.2) is 54.6 Å². The van der Waals surface area contributed by atoms with E-state index in [4.69, 9.17) is 9.47 Å². The first-order valence-electron chi connectivity index (χ1n) is 7.39. The summed E-state index contributed by atoms with van der Waals surface area (Å²) in [6.07, 6.45) is -0.209. The van der Waals surface area contributed by atoms with Crippen LogP contribution in [-0.4, -0.2) is 25.7 Å². The molecule has 118 valence electrons. The summed E-state index contributed by atoms with van der Waals surface area (Å²) in [4.78, 5) is 25.6. The van der Waals surface area contributed by atoms with Crippen molar-refractivity contribution in [2.45, 2.75) is 12.3 Å².